The number of fused-ring (bicyclic) bond motifs is 3. The number of para-hydroxylation sites is 3. The lowest BCUT2D eigenvalue weighted by molar-refractivity contribution is 0.503. The Morgan fingerprint density at radius 3 is 1.11 bits per heavy atom. The van der Waals surface area contributed by atoms with Crippen LogP contribution in [-0.2, 0) is 6.54 Å². The van der Waals surface area contributed by atoms with Gasteiger partial charge in [-0.2, -0.15) is 0 Å². The molecule has 120 heavy (non-hydrogen) atoms. The summed E-state index contributed by atoms with van der Waals surface area (Å²) in [6.07, 6.45) is 16.6. The number of hydrogen-bond donors (Lipinski definition) is 3. The predicted molar refractivity (Wildman–Crippen MR) is 474 cm³/mol. The van der Waals surface area contributed by atoms with E-state index >= 15 is 0 Å². The number of aryl methyl sites for hydroxylation is 3. The van der Waals surface area contributed by atoms with Crippen LogP contribution in [0.5, 0.6) is 0 Å². The van der Waals surface area contributed by atoms with Crippen LogP contribution in [0.1, 0.15) is 138 Å². The van der Waals surface area contributed by atoms with Gasteiger partial charge >= 0.3 is 0 Å². The van der Waals surface area contributed by atoms with E-state index in [1.165, 1.54) is 18.6 Å². The second-order valence-electron chi connectivity index (χ2n) is 30.5. The lowest BCUT2D eigenvalue weighted by Gasteiger charge is -2.23. The zero-order valence-electron chi connectivity index (χ0n) is 67.6. The molecule has 2 aliphatic carbocycles. The molecule has 6 aromatic carbocycles. The van der Waals surface area contributed by atoms with Gasteiger partial charge in [-0.15, -0.1) is 0 Å². The van der Waals surface area contributed by atoms with Crippen molar-refractivity contribution in [2.24, 2.45) is 5.92 Å². The van der Waals surface area contributed by atoms with E-state index in [-0.39, 0.29) is 63.6 Å². The molecule has 24 nitrogen and oxygen atoms in total. The van der Waals surface area contributed by atoms with Gasteiger partial charge in [-0.25, -0.2) is 29.5 Å². The SMILES string of the molecule is [C-]#[N+]c1cnc(C)nc1N[C@@H](C)c1cc2cccc(-c3ccc(=O)n(C(C)C)c3)c2c(=O)n1-c1ccccc1.[C-]#[N+]c1cnc(C)nc1N[C@@H](C)c1cc2cccc(-c3ccc(=O)n(C4CCCC4)c3)c2c(=O)n1-c1ccccc1.[C-]#[N+]c1cnc(C)nc1N[C@@H](C)c1cc2cccc(-c3ccc(=O)n(CC4CC4)c3)c2c(=O)n1-c1ccccc1. The maximum atomic E-state index is 14.5. The molecule has 2 fully saturated rings. The van der Waals surface area contributed by atoms with E-state index in [0.29, 0.717) is 80.6 Å². The van der Waals surface area contributed by atoms with E-state index in [0.717, 1.165) is 122 Å². The molecular formula is C96H86N18O6. The van der Waals surface area contributed by atoms with Gasteiger partial charge in [0.2, 0.25) is 17.1 Å². The average molecular weight is 1590 g/mol. The number of rotatable bonds is 19. The second kappa shape index (κ2) is 34.8. The molecule has 0 aliphatic heterocycles. The van der Waals surface area contributed by atoms with Crippen molar-refractivity contribution in [1.29, 1.82) is 0 Å². The lowest BCUT2D eigenvalue weighted by atomic mass is 9.98. The molecule has 0 amide bonds. The first-order valence-corrected chi connectivity index (χ1v) is 40.0. The van der Waals surface area contributed by atoms with Crippen molar-refractivity contribution < 1.29 is 0 Å². The summed E-state index contributed by atoms with van der Waals surface area (Å²) in [6, 6.07) is 61.2. The summed E-state index contributed by atoms with van der Waals surface area (Å²) >= 11 is 0. The Labute approximate surface area is 691 Å². The summed E-state index contributed by atoms with van der Waals surface area (Å²) in [4.78, 5) is 117. The summed E-state index contributed by atoms with van der Waals surface area (Å²) in [5.74, 6) is 3.46. The normalized spacial score (nSPS) is 13.2. The van der Waals surface area contributed by atoms with Crippen LogP contribution in [-0.4, -0.2) is 57.3 Å². The van der Waals surface area contributed by atoms with Crippen LogP contribution in [0.3, 0.4) is 0 Å². The predicted octanol–water partition coefficient (Wildman–Crippen LogP) is 19.0. The number of benzene rings is 6. The van der Waals surface area contributed by atoms with E-state index in [1.807, 2.05) is 228 Å². The smallest absolute Gasteiger partial charge is 0.263 e. The summed E-state index contributed by atoms with van der Waals surface area (Å²) in [5.41, 5.74) is 9.48. The minimum Gasteiger partial charge on any atom is -0.371 e. The molecule has 9 aromatic heterocycles. The topological polar surface area (TPSA) is 259 Å². The van der Waals surface area contributed by atoms with Crippen LogP contribution in [0.15, 0.2) is 266 Å². The van der Waals surface area contributed by atoms with Crippen molar-refractivity contribution in [3.63, 3.8) is 0 Å². The Balaban J connectivity index is 0.000000140. The van der Waals surface area contributed by atoms with E-state index in [1.54, 1.807) is 73.9 Å². The molecule has 3 atom stereocenters. The highest BCUT2D eigenvalue weighted by molar-refractivity contribution is 5.99. The third kappa shape index (κ3) is 16.7. The molecule has 0 unspecified atom stereocenters. The molecular weight excluding hydrogens is 1500 g/mol. The molecule has 15 aromatic rings. The van der Waals surface area contributed by atoms with E-state index in [2.05, 4.69) is 60.4 Å². The van der Waals surface area contributed by atoms with E-state index in [4.69, 9.17) is 19.7 Å². The van der Waals surface area contributed by atoms with Crippen LogP contribution in [0.25, 0.3) is 97.3 Å². The minimum atomic E-state index is -0.372. The van der Waals surface area contributed by atoms with Gasteiger partial charge in [0.15, 0.2) is 0 Å². The zero-order valence-corrected chi connectivity index (χ0v) is 67.6. The maximum Gasteiger partial charge on any atom is 0.263 e. The highest BCUT2D eigenvalue weighted by atomic mass is 16.2. The first-order chi connectivity index (χ1) is 58.1. The van der Waals surface area contributed by atoms with Crippen LogP contribution in [0.4, 0.5) is 34.5 Å². The second-order valence-corrected chi connectivity index (χ2v) is 30.5. The van der Waals surface area contributed by atoms with Crippen molar-refractivity contribution in [3.8, 4) is 50.4 Å². The van der Waals surface area contributed by atoms with Gasteiger partial charge in [-0.3, -0.25) is 57.4 Å². The standard InChI is InChI=1S/C33H30N6O2.C32H28N6O2.C31H28N6O2/c1-21(36-32-28(34-3)19-35-22(2)37-32)29-18-23-10-9-15-27(31(23)33(41)39(29)26-13-5-4-6-14-26)24-16-17-30(40)38(20-24)25-11-7-8-12-25;1-20(35-31-27(33-3)17-34-21(2)36-31)28-16-23-8-7-11-26(24-14-15-29(39)37(19-24)18-22-12-13-22)30(23)32(40)38(28)25-9-5-4-6-10-25;1-19(2)36-18-23(14-15-28(36)38)25-13-9-10-22-16-27(20(3)34-30-26(32-5)17-33-21(4)35-30)37(31(39)29(22)25)24-11-7-6-8-12-24/h4-6,9-10,13-21,25H,7-8,11-12H2,1-2H3,(H,35,36,37);4-11,14-17,19-20,22H,12-13,18H2,1-2H3,(H,34,35,36);6-20H,1-4H3,(H,33,34,35)/t21-;2*20-/m000/s1. The summed E-state index contributed by atoms with van der Waals surface area (Å²) < 4.78 is 10.4. The van der Waals surface area contributed by atoms with Crippen molar-refractivity contribution in [3.05, 3.63) is 368 Å². The molecule has 3 N–H and O–H groups in total. The van der Waals surface area contributed by atoms with Gasteiger partial charge in [-0.05, 0) is 209 Å². The third-order valence-electron chi connectivity index (χ3n) is 21.9. The first kappa shape index (κ1) is 80.1. The average Bonchev–Trinajstić information content (AvgIpc) is 1.75. The number of pyridine rings is 6. The summed E-state index contributed by atoms with van der Waals surface area (Å²) in [7, 11) is 0. The highest BCUT2D eigenvalue weighted by Crippen LogP contribution is 2.38. The van der Waals surface area contributed by atoms with Crippen molar-refractivity contribution >= 4 is 66.8 Å². The first-order valence-electron chi connectivity index (χ1n) is 40.0. The summed E-state index contributed by atoms with van der Waals surface area (Å²) in [6.45, 7) is 38.3. The molecule has 24 heteroatoms. The Kier molecular flexibility index (Phi) is 23.2. The Morgan fingerprint density at radius 2 is 0.750 bits per heavy atom. The summed E-state index contributed by atoms with van der Waals surface area (Å²) in [5, 5.41) is 14.1. The van der Waals surface area contributed by atoms with Crippen molar-refractivity contribution in [1.82, 2.24) is 57.3 Å². The number of anilines is 3. The fourth-order valence-corrected chi connectivity index (χ4v) is 15.8. The lowest BCUT2D eigenvalue weighted by Crippen LogP contribution is -2.26. The Bertz CT molecular complexity index is 6980. The van der Waals surface area contributed by atoms with Gasteiger partial charge in [0.1, 0.15) is 34.9 Å². The number of aromatic nitrogens is 12. The molecule has 2 aliphatic rings. The molecule has 0 bridgehead atoms. The van der Waals surface area contributed by atoms with E-state index < -0.39 is 0 Å². The monoisotopic (exact) mass is 1590 g/mol. The van der Waals surface area contributed by atoms with Crippen LogP contribution in [0.2, 0.25) is 0 Å². The largest absolute Gasteiger partial charge is 0.371 e. The van der Waals surface area contributed by atoms with Gasteiger partial charge in [0.05, 0.1) is 54.0 Å². The quantitative estimate of drug-likeness (QED) is 0.0636. The van der Waals surface area contributed by atoms with Gasteiger partial charge < -0.3 is 29.7 Å². The van der Waals surface area contributed by atoms with Crippen LogP contribution in [0, 0.1) is 46.4 Å². The molecule has 2 saturated carbocycles. The molecule has 596 valence electrons. The van der Waals surface area contributed by atoms with Gasteiger partial charge in [-0.1, -0.05) is 122 Å². The molecule has 17 rings (SSSR count). The minimum absolute atomic E-state index is 0.0106. The van der Waals surface area contributed by atoms with Crippen LogP contribution < -0.4 is 49.3 Å². The van der Waals surface area contributed by atoms with Gasteiger partial charge in [0, 0.05) is 108 Å². The van der Waals surface area contributed by atoms with Crippen molar-refractivity contribution in [2.75, 3.05) is 16.0 Å². The van der Waals surface area contributed by atoms with Crippen LogP contribution >= 0.6 is 0 Å². The van der Waals surface area contributed by atoms with Gasteiger partial charge in [0.25, 0.3) is 33.4 Å². The molecule has 0 radical (unpaired) electrons. The number of nitrogens with zero attached hydrogens (tertiary/aromatic N) is 15. The number of nitrogens with one attached hydrogen (secondary N) is 3. The Morgan fingerprint density at radius 1 is 0.400 bits per heavy atom. The van der Waals surface area contributed by atoms with Crippen molar-refractivity contribution in [2.45, 2.75) is 131 Å². The third-order valence-corrected chi connectivity index (χ3v) is 21.9. The highest BCUT2D eigenvalue weighted by Gasteiger charge is 2.28. The Hall–Kier alpha value is -15.1. The fourth-order valence-electron chi connectivity index (χ4n) is 15.8. The maximum absolute atomic E-state index is 14.5. The van der Waals surface area contributed by atoms with E-state index in [9.17, 15) is 28.8 Å². The number of hydrogen-bond acceptors (Lipinski definition) is 15. The molecule has 0 saturated heterocycles. The molecule has 9 heterocycles. The zero-order chi connectivity index (χ0) is 84.0. The molecule has 0 spiro atoms. The fraction of sp³-hybridized carbons (Fsp3) is 0.219.